The van der Waals surface area contributed by atoms with Crippen LogP contribution in [0.25, 0.3) is 11.4 Å². The number of hydrogen-bond donors (Lipinski definition) is 1. The number of nitrogens with zero attached hydrogens (tertiary/aromatic N) is 2. The third kappa shape index (κ3) is 4.47. The van der Waals surface area contributed by atoms with Crippen LogP contribution in [-0.4, -0.2) is 29.7 Å². The Balaban J connectivity index is 1.49. The molecule has 3 rings (SSSR count). The molecule has 3 aromatic rings. The van der Waals surface area contributed by atoms with Gasteiger partial charge in [0.1, 0.15) is 5.75 Å². The van der Waals surface area contributed by atoms with Crippen LogP contribution < -0.4 is 10.1 Å². The maximum Gasteiger partial charge on any atom is 0.228 e. The summed E-state index contributed by atoms with van der Waals surface area (Å²) in [7, 11) is 1.61. The van der Waals surface area contributed by atoms with E-state index in [1.807, 2.05) is 55.5 Å². The summed E-state index contributed by atoms with van der Waals surface area (Å²) in [6, 6.07) is 15.3. The highest BCUT2D eigenvalue weighted by Gasteiger charge is 2.11. The second-order valence-corrected chi connectivity index (χ2v) is 5.95. The second-order valence-electron chi connectivity index (χ2n) is 5.95. The van der Waals surface area contributed by atoms with Crippen LogP contribution in [0.5, 0.6) is 5.75 Å². The number of amides is 1. The second kappa shape index (κ2) is 8.29. The minimum absolute atomic E-state index is 0.0474. The molecule has 0 saturated carbocycles. The molecule has 1 N–H and O–H groups in total. The van der Waals surface area contributed by atoms with Gasteiger partial charge < -0.3 is 14.6 Å². The maximum absolute atomic E-state index is 12.0. The molecular weight excluding hydrogens is 330 g/mol. The lowest BCUT2D eigenvalue weighted by Gasteiger charge is -2.05. The third-order valence-corrected chi connectivity index (χ3v) is 4.04. The number of nitrogens with one attached hydrogen (secondary N) is 1. The Bertz CT molecular complexity index is 872. The van der Waals surface area contributed by atoms with Gasteiger partial charge in [-0.1, -0.05) is 41.6 Å². The first-order valence-corrected chi connectivity index (χ1v) is 8.44. The fourth-order valence-electron chi connectivity index (χ4n) is 2.59. The Morgan fingerprint density at radius 3 is 2.65 bits per heavy atom. The summed E-state index contributed by atoms with van der Waals surface area (Å²) in [5.41, 5.74) is 2.97. The molecule has 0 aliphatic rings. The summed E-state index contributed by atoms with van der Waals surface area (Å²) in [5.74, 6) is 1.81. The zero-order valence-electron chi connectivity index (χ0n) is 14.9. The molecule has 0 unspecified atom stereocenters. The lowest BCUT2D eigenvalue weighted by Crippen LogP contribution is -2.27. The average Bonchev–Trinajstić information content (AvgIpc) is 3.11. The number of rotatable bonds is 7. The molecule has 2 aromatic carbocycles. The highest BCUT2D eigenvalue weighted by molar-refractivity contribution is 5.78. The average molecular weight is 351 g/mol. The predicted octanol–water partition coefficient (Wildman–Crippen LogP) is 2.96. The van der Waals surface area contributed by atoms with Crippen LogP contribution in [0.4, 0.5) is 0 Å². The van der Waals surface area contributed by atoms with Crippen LogP contribution >= 0.6 is 0 Å². The standard InChI is InChI=1S/C20H21N3O3/c1-14-5-3-4-6-17(14)20-22-19(26-23-20)11-12-21-18(24)13-15-7-9-16(25-2)10-8-15/h3-10H,11-13H2,1-2H3,(H,21,24). The van der Waals surface area contributed by atoms with Crippen LogP contribution in [0, 0.1) is 6.92 Å². The van der Waals surface area contributed by atoms with Crippen LogP contribution in [0.15, 0.2) is 53.1 Å². The molecule has 0 radical (unpaired) electrons. The van der Waals surface area contributed by atoms with Crippen LogP contribution in [-0.2, 0) is 17.6 Å². The Morgan fingerprint density at radius 2 is 1.92 bits per heavy atom. The molecule has 0 aliphatic heterocycles. The van der Waals surface area contributed by atoms with E-state index in [1.54, 1.807) is 7.11 Å². The summed E-state index contributed by atoms with van der Waals surface area (Å²) < 4.78 is 10.4. The van der Waals surface area contributed by atoms with Crippen molar-refractivity contribution in [2.45, 2.75) is 19.8 Å². The predicted molar refractivity (Wildman–Crippen MR) is 97.9 cm³/mol. The van der Waals surface area contributed by atoms with E-state index in [4.69, 9.17) is 9.26 Å². The van der Waals surface area contributed by atoms with Crippen molar-refractivity contribution in [2.24, 2.45) is 0 Å². The molecule has 0 fully saturated rings. The smallest absolute Gasteiger partial charge is 0.228 e. The fraction of sp³-hybridized carbons (Fsp3) is 0.250. The number of methoxy groups -OCH3 is 1. The highest BCUT2D eigenvalue weighted by atomic mass is 16.5. The van der Waals surface area contributed by atoms with Crippen molar-refractivity contribution in [1.29, 1.82) is 0 Å². The summed E-state index contributed by atoms with van der Waals surface area (Å²) in [4.78, 5) is 16.4. The van der Waals surface area contributed by atoms with Gasteiger partial charge in [0.2, 0.25) is 17.6 Å². The number of aromatic nitrogens is 2. The van der Waals surface area contributed by atoms with Crippen molar-refractivity contribution in [3.05, 3.63) is 65.5 Å². The Labute approximate surface area is 152 Å². The first-order chi connectivity index (χ1) is 12.7. The Morgan fingerprint density at radius 1 is 1.15 bits per heavy atom. The number of ether oxygens (including phenoxy) is 1. The molecular formula is C20H21N3O3. The maximum atomic E-state index is 12.0. The molecule has 0 atom stereocenters. The Kier molecular flexibility index (Phi) is 5.63. The summed E-state index contributed by atoms with van der Waals surface area (Å²) in [5, 5.41) is 6.89. The van der Waals surface area contributed by atoms with E-state index in [-0.39, 0.29) is 5.91 Å². The van der Waals surface area contributed by atoms with Gasteiger partial charge in [0.05, 0.1) is 13.5 Å². The zero-order valence-corrected chi connectivity index (χ0v) is 14.9. The van der Waals surface area contributed by atoms with Crippen molar-refractivity contribution < 1.29 is 14.1 Å². The van der Waals surface area contributed by atoms with E-state index in [9.17, 15) is 4.79 Å². The summed E-state index contributed by atoms with van der Waals surface area (Å²) in [6.07, 6.45) is 0.815. The molecule has 26 heavy (non-hydrogen) atoms. The molecule has 1 aromatic heterocycles. The summed E-state index contributed by atoms with van der Waals surface area (Å²) >= 11 is 0. The van der Waals surface area contributed by atoms with E-state index in [1.165, 1.54) is 0 Å². The van der Waals surface area contributed by atoms with E-state index in [0.29, 0.717) is 31.1 Å². The molecule has 0 saturated heterocycles. The van der Waals surface area contributed by atoms with Crippen LogP contribution in [0.3, 0.4) is 0 Å². The third-order valence-electron chi connectivity index (χ3n) is 4.04. The van der Waals surface area contributed by atoms with E-state index >= 15 is 0 Å². The highest BCUT2D eigenvalue weighted by Crippen LogP contribution is 2.19. The number of benzene rings is 2. The zero-order chi connectivity index (χ0) is 18.4. The van der Waals surface area contributed by atoms with Gasteiger partial charge in [-0.2, -0.15) is 4.98 Å². The van der Waals surface area contributed by atoms with Gasteiger partial charge in [0.15, 0.2) is 0 Å². The van der Waals surface area contributed by atoms with Crippen molar-refractivity contribution in [3.63, 3.8) is 0 Å². The quantitative estimate of drug-likeness (QED) is 0.708. The van der Waals surface area contributed by atoms with Crippen molar-refractivity contribution in [3.8, 4) is 17.1 Å². The first-order valence-electron chi connectivity index (χ1n) is 8.44. The lowest BCUT2D eigenvalue weighted by molar-refractivity contribution is -0.120. The molecule has 0 bridgehead atoms. The SMILES string of the molecule is COc1ccc(CC(=O)NCCc2nc(-c3ccccc3C)no2)cc1. The molecule has 0 spiro atoms. The molecule has 0 aliphatic carbocycles. The van der Waals surface area contributed by atoms with E-state index in [2.05, 4.69) is 15.5 Å². The fourth-order valence-corrected chi connectivity index (χ4v) is 2.59. The largest absolute Gasteiger partial charge is 0.497 e. The van der Waals surface area contributed by atoms with Gasteiger partial charge in [-0.15, -0.1) is 0 Å². The normalized spacial score (nSPS) is 10.5. The topological polar surface area (TPSA) is 77.2 Å². The first kappa shape index (κ1) is 17.7. The van der Waals surface area contributed by atoms with Crippen LogP contribution in [0.2, 0.25) is 0 Å². The molecule has 6 heteroatoms. The van der Waals surface area contributed by atoms with Crippen LogP contribution in [0.1, 0.15) is 17.0 Å². The number of hydrogen-bond acceptors (Lipinski definition) is 5. The number of carbonyl (C=O) groups is 1. The van der Waals surface area contributed by atoms with Gasteiger partial charge >= 0.3 is 0 Å². The minimum Gasteiger partial charge on any atom is -0.497 e. The molecule has 1 heterocycles. The van der Waals surface area contributed by atoms with Crippen molar-refractivity contribution in [1.82, 2.24) is 15.5 Å². The van der Waals surface area contributed by atoms with Gasteiger partial charge in [-0.05, 0) is 30.2 Å². The Hall–Kier alpha value is -3.15. The van der Waals surface area contributed by atoms with E-state index in [0.717, 1.165) is 22.4 Å². The molecule has 6 nitrogen and oxygen atoms in total. The van der Waals surface area contributed by atoms with Gasteiger partial charge in [-0.3, -0.25) is 4.79 Å². The van der Waals surface area contributed by atoms with E-state index < -0.39 is 0 Å². The number of aryl methyl sites for hydroxylation is 1. The summed E-state index contributed by atoms with van der Waals surface area (Å²) in [6.45, 7) is 2.45. The van der Waals surface area contributed by atoms with Crippen molar-refractivity contribution in [2.75, 3.05) is 13.7 Å². The van der Waals surface area contributed by atoms with Gasteiger partial charge in [-0.25, -0.2) is 0 Å². The molecule has 134 valence electrons. The van der Waals surface area contributed by atoms with Crippen molar-refractivity contribution >= 4 is 5.91 Å². The van der Waals surface area contributed by atoms with Gasteiger partial charge in [0.25, 0.3) is 0 Å². The minimum atomic E-state index is -0.0474. The number of carbonyl (C=O) groups excluding carboxylic acids is 1. The monoisotopic (exact) mass is 351 g/mol. The van der Waals surface area contributed by atoms with Gasteiger partial charge in [0, 0.05) is 18.5 Å². The molecule has 1 amide bonds. The lowest BCUT2D eigenvalue weighted by atomic mass is 10.1.